The molecule has 2 amide bonds. The first-order chi connectivity index (χ1) is 11.6. The highest BCUT2D eigenvalue weighted by atomic mass is 79.9. The Bertz CT molecular complexity index is 557. The van der Waals surface area contributed by atoms with Crippen LogP contribution < -0.4 is 4.34 Å². The van der Waals surface area contributed by atoms with Gasteiger partial charge in [-0.2, -0.15) is 5.01 Å². The van der Waals surface area contributed by atoms with Gasteiger partial charge in [0.25, 0.3) is 11.8 Å². The number of benzene rings is 1. The predicted octanol–water partition coefficient (Wildman–Crippen LogP) is 3.59. The maximum atomic E-state index is 12.8. The van der Waals surface area contributed by atoms with Crippen LogP contribution >= 0.6 is 28.4 Å². The topological polar surface area (TPSA) is 61.9 Å². The van der Waals surface area contributed by atoms with Crippen molar-refractivity contribution < 1.29 is 14.4 Å². The minimum atomic E-state index is -0.454. The molecule has 0 spiro atoms. The van der Waals surface area contributed by atoms with Crippen LogP contribution in [0.5, 0.6) is 0 Å². The summed E-state index contributed by atoms with van der Waals surface area (Å²) in [6.07, 6.45) is 2.96. The van der Waals surface area contributed by atoms with E-state index in [-0.39, 0.29) is 17.4 Å². The van der Waals surface area contributed by atoms with Crippen molar-refractivity contribution in [2.24, 2.45) is 0 Å². The van der Waals surface area contributed by atoms with Gasteiger partial charge in [0.1, 0.15) is 0 Å². The summed E-state index contributed by atoms with van der Waals surface area (Å²) in [5.41, 5.74) is 0.397. The third-order valence-electron chi connectivity index (χ3n) is 3.15. The fourth-order valence-electron chi connectivity index (χ4n) is 1.88. The van der Waals surface area contributed by atoms with Crippen LogP contribution in [0.15, 0.2) is 30.3 Å². The van der Waals surface area contributed by atoms with Crippen LogP contribution in [0.25, 0.3) is 0 Å². The lowest BCUT2D eigenvalue weighted by Crippen LogP contribution is -2.54. The second-order valence-electron chi connectivity index (χ2n) is 4.94. The van der Waals surface area contributed by atoms with Crippen LogP contribution in [-0.2, 0) is 9.63 Å². The lowest BCUT2D eigenvalue weighted by atomic mass is 10.2. The molecule has 24 heavy (non-hydrogen) atoms. The van der Waals surface area contributed by atoms with Gasteiger partial charge in [0.05, 0.1) is 6.61 Å². The largest absolute Gasteiger partial charge is 0.297 e. The average molecular weight is 416 g/mol. The molecule has 0 saturated carbocycles. The third kappa shape index (κ3) is 5.85. The predicted molar refractivity (Wildman–Crippen MR) is 99.9 cm³/mol. The molecular formula is C16H22BrN3O3S. The molecule has 0 aromatic heterocycles. The zero-order chi connectivity index (χ0) is 17.9. The molecule has 0 heterocycles. The molecule has 1 N–H and O–H groups in total. The van der Waals surface area contributed by atoms with Crippen LogP contribution in [0.1, 0.15) is 49.9 Å². The second kappa shape index (κ2) is 11.1. The minimum Gasteiger partial charge on any atom is -0.297 e. The van der Waals surface area contributed by atoms with Crippen molar-refractivity contribution >= 4 is 45.3 Å². The maximum absolute atomic E-state index is 12.8. The summed E-state index contributed by atoms with van der Waals surface area (Å²) in [5, 5.41) is 1.99. The number of carbonyl (C=O) groups excluding carboxylic acids is 2. The summed E-state index contributed by atoms with van der Waals surface area (Å²) in [5.74, 6) is -0.814. The first-order valence-corrected chi connectivity index (χ1v) is 9.02. The smallest absolute Gasteiger partial charge is 0.281 e. The fourth-order valence-corrected chi connectivity index (χ4v) is 2.20. The molecule has 0 atom stereocenters. The molecule has 132 valence electrons. The SMILES string of the molecule is CCCCCON(C(=O)CC)N(C(=O)c1ccccc1)C(=S)NBr. The van der Waals surface area contributed by atoms with Gasteiger partial charge in [-0.25, -0.2) is 0 Å². The zero-order valence-corrected chi connectivity index (χ0v) is 16.2. The van der Waals surface area contributed by atoms with E-state index < -0.39 is 5.91 Å². The van der Waals surface area contributed by atoms with E-state index in [1.54, 1.807) is 37.3 Å². The number of amides is 2. The van der Waals surface area contributed by atoms with Crippen LogP contribution in [0.3, 0.4) is 0 Å². The number of unbranched alkanes of at least 4 members (excludes halogenated alkanes) is 2. The number of hydrogen-bond donors (Lipinski definition) is 1. The quantitative estimate of drug-likeness (QED) is 0.319. The van der Waals surface area contributed by atoms with Crippen molar-refractivity contribution in [1.82, 2.24) is 14.5 Å². The Labute approximate surface area is 156 Å². The van der Waals surface area contributed by atoms with Gasteiger partial charge in [-0.1, -0.05) is 44.9 Å². The van der Waals surface area contributed by atoms with Gasteiger partial charge >= 0.3 is 0 Å². The van der Waals surface area contributed by atoms with Crippen LogP contribution in [0.2, 0.25) is 0 Å². The van der Waals surface area contributed by atoms with E-state index >= 15 is 0 Å². The summed E-state index contributed by atoms with van der Waals surface area (Å²) in [4.78, 5) is 30.6. The van der Waals surface area contributed by atoms with Gasteiger partial charge in [-0.3, -0.25) is 18.8 Å². The fraction of sp³-hybridized carbons (Fsp3) is 0.438. The highest BCUT2D eigenvalue weighted by Crippen LogP contribution is 2.12. The normalized spacial score (nSPS) is 10.1. The van der Waals surface area contributed by atoms with Crippen LogP contribution in [0, 0.1) is 0 Å². The van der Waals surface area contributed by atoms with Gasteiger partial charge in [0, 0.05) is 28.1 Å². The first kappa shape index (κ1) is 20.5. The van der Waals surface area contributed by atoms with E-state index in [9.17, 15) is 9.59 Å². The highest BCUT2D eigenvalue weighted by Gasteiger charge is 2.30. The van der Waals surface area contributed by atoms with Gasteiger partial charge in [0.2, 0.25) is 5.11 Å². The van der Waals surface area contributed by atoms with Crippen LogP contribution in [-0.4, -0.2) is 33.7 Å². The molecular weight excluding hydrogens is 394 g/mol. The number of carbonyl (C=O) groups is 2. The molecule has 0 aliphatic carbocycles. The van der Waals surface area contributed by atoms with E-state index in [0.717, 1.165) is 29.4 Å². The Balaban J connectivity index is 3.05. The van der Waals surface area contributed by atoms with Gasteiger partial charge < -0.3 is 0 Å². The lowest BCUT2D eigenvalue weighted by molar-refractivity contribution is -0.234. The minimum absolute atomic E-state index is 0.0149. The van der Waals surface area contributed by atoms with Gasteiger partial charge in [-0.15, -0.1) is 5.17 Å². The van der Waals surface area contributed by atoms with Crippen LogP contribution in [0.4, 0.5) is 0 Å². The number of nitrogens with one attached hydrogen (secondary N) is 1. The van der Waals surface area contributed by atoms with E-state index in [0.29, 0.717) is 12.2 Å². The van der Waals surface area contributed by atoms with Crippen molar-refractivity contribution in [3.8, 4) is 0 Å². The van der Waals surface area contributed by atoms with E-state index in [2.05, 4.69) is 27.4 Å². The second-order valence-corrected chi connectivity index (χ2v) is 5.73. The Hall–Kier alpha value is -1.51. The summed E-state index contributed by atoms with van der Waals surface area (Å²) in [6.45, 7) is 4.09. The summed E-state index contributed by atoms with van der Waals surface area (Å²) >= 11 is 8.18. The summed E-state index contributed by atoms with van der Waals surface area (Å²) in [7, 11) is 0. The molecule has 1 rings (SSSR count). The van der Waals surface area contributed by atoms with E-state index in [4.69, 9.17) is 17.1 Å². The van der Waals surface area contributed by atoms with Gasteiger partial charge in [0.15, 0.2) is 0 Å². The molecule has 6 nitrogen and oxygen atoms in total. The van der Waals surface area contributed by atoms with E-state index in [1.807, 2.05) is 0 Å². The number of nitrogens with zero attached hydrogens (tertiary/aromatic N) is 2. The third-order valence-corrected chi connectivity index (χ3v) is 4.06. The van der Waals surface area contributed by atoms with Crippen molar-refractivity contribution in [3.05, 3.63) is 35.9 Å². The van der Waals surface area contributed by atoms with E-state index in [1.165, 1.54) is 0 Å². The molecule has 0 saturated heterocycles. The molecule has 0 fully saturated rings. The maximum Gasteiger partial charge on any atom is 0.281 e. The molecule has 8 heteroatoms. The number of thiocarbonyl (C=S) groups is 1. The van der Waals surface area contributed by atoms with Crippen molar-refractivity contribution in [3.63, 3.8) is 0 Å². The number of hydroxylamine groups is 1. The molecule has 0 unspecified atom stereocenters. The molecule has 0 aliphatic rings. The van der Waals surface area contributed by atoms with Gasteiger partial charge in [-0.05, 0) is 30.8 Å². The lowest BCUT2D eigenvalue weighted by Gasteiger charge is -2.32. The highest BCUT2D eigenvalue weighted by molar-refractivity contribution is 9.08. The molecule has 0 radical (unpaired) electrons. The average Bonchev–Trinajstić information content (AvgIpc) is 2.63. The summed E-state index contributed by atoms with van der Waals surface area (Å²) < 4.78 is 2.55. The van der Waals surface area contributed by atoms with Crippen molar-refractivity contribution in [2.45, 2.75) is 39.5 Å². The first-order valence-electron chi connectivity index (χ1n) is 7.82. The molecule has 0 bridgehead atoms. The number of hydrogen-bond acceptors (Lipinski definition) is 4. The number of halogens is 1. The standard InChI is InChI=1S/C16H22BrN3O3S/c1-3-5-9-12-23-20(14(21)4-2)19(16(24)18-17)15(22)13-10-7-6-8-11-13/h6-8,10-11H,3-5,9,12H2,1-2H3,(H,18,24). The molecule has 0 aliphatic heterocycles. The summed E-state index contributed by atoms with van der Waals surface area (Å²) in [6, 6.07) is 8.59. The Kier molecular flexibility index (Phi) is 9.51. The molecule has 1 aromatic carbocycles. The number of rotatable bonds is 7. The Morgan fingerprint density at radius 2 is 1.88 bits per heavy atom. The van der Waals surface area contributed by atoms with Crippen molar-refractivity contribution in [2.75, 3.05) is 6.61 Å². The monoisotopic (exact) mass is 415 g/mol. The molecule has 1 aromatic rings. The Morgan fingerprint density at radius 3 is 2.42 bits per heavy atom. The number of hydrazine groups is 1. The Morgan fingerprint density at radius 1 is 1.21 bits per heavy atom. The van der Waals surface area contributed by atoms with Crippen molar-refractivity contribution in [1.29, 1.82) is 0 Å². The zero-order valence-electron chi connectivity index (χ0n) is 13.8.